The monoisotopic (exact) mass is 298 g/mol. The number of fused-ring (bicyclic) bond motifs is 1. The Balaban J connectivity index is 2.06. The normalized spacial score (nSPS) is 17.4. The molecule has 6 nitrogen and oxygen atoms in total. The number of benzene rings is 1. The first kappa shape index (κ1) is 15.0. The van der Waals surface area contributed by atoms with Crippen LogP contribution in [0, 0.1) is 0 Å². The van der Waals surface area contributed by atoms with Crippen LogP contribution in [0.4, 0.5) is 0 Å². The van der Waals surface area contributed by atoms with Crippen LogP contribution < -0.4 is 4.72 Å². The molecule has 2 N–H and O–H groups in total. The molecule has 20 heavy (non-hydrogen) atoms. The van der Waals surface area contributed by atoms with Crippen LogP contribution in [-0.4, -0.2) is 36.4 Å². The second kappa shape index (κ2) is 5.90. The van der Waals surface area contributed by atoms with Gasteiger partial charge in [-0.1, -0.05) is 24.3 Å². The Labute approximate surface area is 118 Å². The smallest absolute Gasteiger partial charge is 0.304 e. The molecule has 1 atom stereocenters. The van der Waals surface area contributed by atoms with E-state index in [0.717, 1.165) is 11.1 Å². The maximum Gasteiger partial charge on any atom is 0.304 e. The zero-order valence-electron chi connectivity index (χ0n) is 11.2. The lowest BCUT2D eigenvalue weighted by Gasteiger charge is -2.29. The molecule has 0 amide bonds. The van der Waals surface area contributed by atoms with Gasteiger partial charge in [-0.15, -0.1) is 0 Å². The third kappa shape index (κ3) is 3.56. The van der Waals surface area contributed by atoms with Crippen molar-refractivity contribution in [1.29, 1.82) is 0 Å². The standard InChI is InChI=1S/C13H18N2O4S/c1-10(8-13(16)17)14-20(18,19)15-7-6-11-4-2-3-5-12(11)9-15/h2-5,10,14H,6-9H2,1H3,(H,16,17)/t10-/m1/s1. The molecule has 0 aliphatic carbocycles. The van der Waals surface area contributed by atoms with Crippen molar-refractivity contribution in [3.63, 3.8) is 0 Å². The van der Waals surface area contributed by atoms with Crippen LogP contribution in [-0.2, 0) is 28.0 Å². The summed E-state index contributed by atoms with van der Waals surface area (Å²) >= 11 is 0. The highest BCUT2D eigenvalue weighted by atomic mass is 32.2. The molecule has 1 heterocycles. The van der Waals surface area contributed by atoms with Crippen LogP contribution in [0.25, 0.3) is 0 Å². The quantitative estimate of drug-likeness (QED) is 0.839. The van der Waals surface area contributed by atoms with E-state index in [4.69, 9.17) is 5.11 Å². The lowest BCUT2D eigenvalue weighted by molar-refractivity contribution is -0.137. The van der Waals surface area contributed by atoms with Crippen molar-refractivity contribution in [2.24, 2.45) is 0 Å². The van der Waals surface area contributed by atoms with Gasteiger partial charge in [-0.2, -0.15) is 17.4 Å². The molecule has 1 aliphatic rings. The average Bonchev–Trinajstić information content (AvgIpc) is 2.36. The predicted octanol–water partition coefficient (Wildman–Crippen LogP) is 0.742. The van der Waals surface area contributed by atoms with E-state index in [1.807, 2.05) is 24.3 Å². The average molecular weight is 298 g/mol. The van der Waals surface area contributed by atoms with Gasteiger partial charge in [0.15, 0.2) is 0 Å². The number of nitrogens with one attached hydrogen (secondary N) is 1. The van der Waals surface area contributed by atoms with Gasteiger partial charge >= 0.3 is 5.97 Å². The van der Waals surface area contributed by atoms with Gasteiger partial charge in [0.05, 0.1) is 6.42 Å². The van der Waals surface area contributed by atoms with Crippen molar-refractivity contribution in [1.82, 2.24) is 9.03 Å². The number of hydrogen-bond donors (Lipinski definition) is 2. The van der Waals surface area contributed by atoms with Gasteiger partial charge in [-0.25, -0.2) is 0 Å². The summed E-state index contributed by atoms with van der Waals surface area (Å²) in [6.07, 6.45) is 0.439. The zero-order chi connectivity index (χ0) is 14.8. The maximum absolute atomic E-state index is 12.2. The van der Waals surface area contributed by atoms with Crippen LogP contribution in [0.2, 0.25) is 0 Å². The van der Waals surface area contributed by atoms with Gasteiger partial charge in [-0.05, 0) is 24.5 Å². The summed E-state index contributed by atoms with van der Waals surface area (Å²) in [7, 11) is -3.65. The molecule has 0 unspecified atom stereocenters. The van der Waals surface area contributed by atoms with Gasteiger partial charge in [0.25, 0.3) is 10.2 Å². The minimum Gasteiger partial charge on any atom is -0.481 e. The van der Waals surface area contributed by atoms with Crippen LogP contribution in [0.5, 0.6) is 0 Å². The fourth-order valence-electron chi connectivity index (χ4n) is 2.31. The summed E-state index contributed by atoms with van der Waals surface area (Å²) < 4.78 is 28.2. The number of nitrogens with zero attached hydrogens (tertiary/aromatic N) is 1. The van der Waals surface area contributed by atoms with Crippen molar-refractivity contribution in [3.8, 4) is 0 Å². The first-order valence-corrected chi connectivity index (χ1v) is 7.88. The highest BCUT2D eigenvalue weighted by Crippen LogP contribution is 2.20. The van der Waals surface area contributed by atoms with E-state index in [0.29, 0.717) is 19.5 Å². The summed E-state index contributed by atoms with van der Waals surface area (Å²) in [5.41, 5.74) is 2.16. The van der Waals surface area contributed by atoms with Crippen molar-refractivity contribution in [2.45, 2.75) is 32.4 Å². The fraction of sp³-hybridized carbons (Fsp3) is 0.462. The minimum absolute atomic E-state index is 0.232. The lowest BCUT2D eigenvalue weighted by Crippen LogP contribution is -2.46. The second-order valence-electron chi connectivity index (χ2n) is 4.97. The third-order valence-corrected chi connectivity index (χ3v) is 4.96. The molecular weight excluding hydrogens is 280 g/mol. The van der Waals surface area contributed by atoms with E-state index in [-0.39, 0.29) is 6.42 Å². The topological polar surface area (TPSA) is 86.7 Å². The number of carboxylic acids is 1. The van der Waals surface area contributed by atoms with Crippen molar-refractivity contribution in [3.05, 3.63) is 35.4 Å². The van der Waals surface area contributed by atoms with Crippen LogP contribution in [0.1, 0.15) is 24.5 Å². The zero-order valence-corrected chi connectivity index (χ0v) is 12.1. The molecule has 1 aromatic carbocycles. The largest absolute Gasteiger partial charge is 0.481 e. The van der Waals surface area contributed by atoms with Crippen LogP contribution in [0.15, 0.2) is 24.3 Å². The number of hydrogen-bond acceptors (Lipinski definition) is 3. The third-order valence-electron chi connectivity index (χ3n) is 3.27. The minimum atomic E-state index is -3.65. The SMILES string of the molecule is C[C@H](CC(=O)O)NS(=O)(=O)N1CCc2ccccc2C1. The summed E-state index contributed by atoms with van der Waals surface area (Å²) in [6.45, 7) is 2.28. The highest BCUT2D eigenvalue weighted by Gasteiger charge is 2.28. The molecule has 1 aromatic rings. The first-order valence-electron chi connectivity index (χ1n) is 6.44. The molecule has 7 heteroatoms. The molecular formula is C13H18N2O4S. The van der Waals surface area contributed by atoms with Gasteiger partial charge in [0, 0.05) is 19.1 Å². The molecule has 1 aliphatic heterocycles. The Kier molecular flexibility index (Phi) is 4.42. The van der Waals surface area contributed by atoms with Crippen molar-refractivity contribution < 1.29 is 18.3 Å². The van der Waals surface area contributed by atoms with Crippen molar-refractivity contribution in [2.75, 3.05) is 6.54 Å². The Bertz CT molecular complexity index is 600. The molecule has 0 fully saturated rings. The van der Waals surface area contributed by atoms with Gasteiger partial charge < -0.3 is 5.11 Å². The van der Waals surface area contributed by atoms with E-state index in [9.17, 15) is 13.2 Å². The Morgan fingerprint density at radius 3 is 2.70 bits per heavy atom. The first-order chi connectivity index (χ1) is 9.38. The molecule has 0 aromatic heterocycles. The number of carboxylic acid groups (broad SMARTS) is 1. The van der Waals surface area contributed by atoms with E-state index < -0.39 is 22.2 Å². The molecule has 0 radical (unpaired) electrons. The van der Waals surface area contributed by atoms with E-state index in [2.05, 4.69) is 4.72 Å². The number of carbonyl (C=O) groups is 1. The van der Waals surface area contributed by atoms with Crippen molar-refractivity contribution >= 4 is 16.2 Å². The van der Waals surface area contributed by atoms with Crippen LogP contribution in [0.3, 0.4) is 0 Å². The second-order valence-corrected chi connectivity index (χ2v) is 6.68. The highest BCUT2D eigenvalue weighted by molar-refractivity contribution is 7.87. The fourth-order valence-corrected chi connectivity index (χ4v) is 3.69. The summed E-state index contributed by atoms with van der Waals surface area (Å²) in [5, 5.41) is 8.67. The van der Waals surface area contributed by atoms with Gasteiger partial charge in [0.2, 0.25) is 0 Å². The summed E-state index contributed by atoms with van der Waals surface area (Å²) in [5.74, 6) is -1.02. The predicted molar refractivity (Wildman–Crippen MR) is 74.3 cm³/mol. The van der Waals surface area contributed by atoms with Gasteiger partial charge in [-0.3, -0.25) is 4.79 Å². The van der Waals surface area contributed by atoms with Gasteiger partial charge in [0.1, 0.15) is 0 Å². The van der Waals surface area contributed by atoms with E-state index in [1.54, 1.807) is 6.92 Å². The molecule has 0 spiro atoms. The number of aliphatic carboxylic acids is 1. The summed E-state index contributed by atoms with van der Waals surface area (Å²) in [6, 6.07) is 7.11. The van der Waals surface area contributed by atoms with E-state index in [1.165, 1.54) is 4.31 Å². The molecule has 0 bridgehead atoms. The molecule has 2 rings (SSSR count). The maximum atomic E-state index is 12.2. The van der Waals surface area contributed by atoms with E-state index >= 15 is 0 Å². The lowest BCUT2D eigenvalue weighted by atomic mass is 10.0. The molecule has 0 saturated carbocycles. The molecule has 0 saturated heterocycles. The Hall–Kier alpha value is -1.44. The number of rotatable bonds is 5. The molecule has 110 valence electrons. The Morgan fingerprint density at radius 2 is 2.05 bits per heavy atom. The van der Waals surface area contributed by atoms with Crippen LogP contribution >= 0.6 is 0 Å². The summed E-state index contributed by atoms with van der Waals surface area (Å²) in [4.78, 5) is 10.6. The Morgan fingerprint density at radius 1 is 1.40 bits per heavy atom.